The number of rotatable bonds is 2. The summed E-state index contributed by atoms with van der Waals surface area (Å²) in [6, 6.07) is 0.365. The second kappa shape index (κ2) is 5.31. The second-order valence-electron chi connectivity index (χ2n) is 5.56. The third-order valence-corrected chi connectivity index (χ3v) is 6.60. The van der Waals surface area contributed by atoms with Crippen LogP contribution in [0.4, 0.5) is 0 Å². The third kappa shape index (κ3) is 2.18. The van der Waals surface area contributed by atoms with Crippen LogP contribution >= 0.6 is 27.3 Å². The number of piperidine rings is 1. The smallest absolute Gasteiger partial charge is 0.268 e. The number of amides is 1. The van der Waals surface area contributed by atoms with Crippen molar-refractivity contribution in [2.75, 3.05) is 7.11 Å². The SMILES string of the molecule is COc1c(C(=O)N2[C@H]3CC[C@H]2CC(O)C3)sc(C)c1Br. The van der Waals surface area contributed by atoms with Crippen LogP contribution in [0.25, 0.3) is 0 Å². The molecule has 6 heteroatoms. The van der Waals surface area contributed by atoms with Crippen LogP contribution < -0.4 is 4.74 Å². The molecule has 0 spiro atoms. The van der Waals surface area contributed by atoms with Crippen LogP contribution in [-0.2, 0) is 0 Å². The normalized spacial score (nSPS) is 28.8. The highest BCUT2D eigenvalue weighted by atomic mass is 79.9. The van der Waals surface area contributed by atoms with E-state index in [1.807, 2.05) is 11.8 Å². The van der Waals surface area contributed by atoms with Gasteiger partial charge in [-0.3, -0.25) is 4.79 Å². The minimum absolute atomic E-state index is 0.0556. The van der Waals surface area contributed by atoms with E-state index >= 15 is 0 Å². The Morgan fingerprint density at radius 1 is 1.40 bits per heavy atom. The maximum absolute atomic E-state index is 12.9. The summed E-state index contributed by atoms with van der Waals surface area (Å²) in [6.45, 7) is 1.97. The molecule has 1 N–H and O–H groups in total. The van der Waals surface area contributed by atoms with Crippen molar-refractivity contribution in [1.82, 2.24) is 4.90 Å². The molecule has 0 radical (unpaired) electrons. The predicted molar refractivity (Wildman–Crippen MR) is 81.5 cm³/mol. The molecule has 20 heavy (non-hydrogen) atoms. The Bertz CT molecular complexity index is 531. The molecular formula is C14H18BrNO3S. The fourth-order valence-electron chi connectivity index (χ4n) is 3.42. The lowest BCUT2D eigenvalue weighted by Crippen LogP contribution is -2.47. The van der Waals surface area contributed by atoms with E-state index in [1.54, 1.807) is 7.11 Å². The topological polar surface area (TPSA) is 49.8 Å². The van der Waals surface area contributed by atoms with Gasteiger partial charge in [0.1, 0.15) is 4.88 Å². The van der Waals surface area contributed by atoms with Crippen LogP contribution in [0.1, 0.15) is 40.2 Å². The molecular weight excluding hydrogens is 342 g/mol. The molecule has 2 fully saturated rings. The van der Waals surface area contributed by atoms with Gasteiger partial charge in [0.05, 0.1) is 17.7 Å². The number of carbonyl (C=O) groups excluding carboxylic acids is 1. The highest BCUT2D eigenvalue weighted by molar-refractivity contribution is 9.10. The zero-order chi connectivity index (χ0) is 14.4. The van der Waals surface area contributed by atoms with Crippen LogP contribution in [0.15, 0.2) is 4.47 Å². The highest BCUT2D eigenvalue weighted by Crippen LogP contribution is 2.43. The zero-order valence-corrected chi connectivity index (χ0v) is 14.0. The predicted octanol–water partition coefficient (Wildman–Crippen LogP) is 2.96. The van der Waals surface area contributed by atoms with Gasteiger partial charge in [0.25, 0.3) is 5.91 Å². The van der Waals surface area contributed by atoms with Gasteiger partial charge in [-0.25, -0.2) is 0 Å². The average Bonchev–Trinajstić information content (AvgIpc) is 2.85. The fraction of sp³-hybridized carbons (Fsp3) is 0.643. The van der Waals surface area contributed by atoms with Crippen molar-refractivity contribution in [3.05, 3.63) is 14.2 Å². The molecule has 3 rings (SSSR count). The summed E-state index contributed by atoms with van der Waals surface area (Å²) in [6.07, 6.45) is 3.16. The number of halogens is 1. The van der Waals surface area contributed by atoms with E-state index in [9.17, 15) is 9.90 Å². The largest absolute Gasteiger partial charge is 0.494 e. The lowest BCUT2D eigenvalue weighted by molar-refractivity contribution is 0.0288. The maximum atomic E-state index is 12.9. The molecule has 110 valence electrons. The lowest BCUT2D eigenvalue weighted by Gasteiger charge is -2.37. The first-order valence-electron chi connectivity index (χ1n) is 6.86. The molecule has 0 saturated carbocycles. The van der Waals surface area contributed by atoms with Gasteiger partial charge in [0.2, 0.25) is 0 Å². The van der Waals surface area contributed by atoms with E-state index in [0.717, 1.165) is 22.2 Å². The van der Waals surface area contributed by atoms with E-state index in [2.05, 4.69) is 15.9 Å². The van der Waals surface area contributed by atoms with E-state index in [1.165, 1.54) is 11.3 Å². The van der Waals surface area contributed by atoms with E-state index in [-0.39, 0.29) is 24.1 Å². The van der Waals surface area contributed by atoms with Crippen LogP contribution in [-0.4, -0.2) is 41.2 Å². The first-order chi connectivity index (χ1) is 9.52. The number of nitrogens with zero attached hydrogens (tertiary/aromatic N) is 1. The van der Waals surface area contributed by atoms with Gasteiger partial charge >= 0.3 is 0 Å². The Morgan fingerprint density at radius 2 is 2.00 bits per heavy atom. The lowest BCUT2D eigenvalue weighted by atomic mass is 9.99. The molecule has 1 amide bonds. The molecule has 4 nitrogen and oxygen atoms in total. The highest BCUT2D eigenvalue weighted by Gasteiger charge is 2.44. The molecule has 2 atom stereocenters. The van der Waals surface area contributed by atoms with Crippen molar-refractivity contribution in [1.29, 1.82) is 0 Å². The van der Waals surface area contributed by atoms with Gasteiger partial charge < -0.3 is 14.7 Å². The minimum atomic E-state index is -0.254. The molecule has 2 aliphatic rings. The summed E-state index contributed by atoms with van der Waals surface area (Å²) < 4.78 is 6.26. The monoisotopic (exact) mass is 359 g/mol. The number of hydrogen-bond donors (Lipinski definition) is 1. The molecule has 0 unspecified atom stereocenters. The summed E-state index contributed by atoms with van der Waals surface area (Å²) >= 11 is 4.96. The molecule has 2 bridgehead atoms. The molecule has 1 aromatic heterocycles. The number of aryl methyl sites for hydroxylation is 1. The Kier molecular flexibility index (Phi) is 3.81. The Labute approximate surface area is 130 Å². The summed E-state index contributed by atoms with van der Waals surface area (Å²) in [5.41, 5.74) is 0. The van der Waals surface area contributed by atoms with Crippen molar-refractivity contribution in [3.63, 3.8) is 0 Å². The van der Waals surface area contributed by atoms with E-state index in [4.69, 9.17) is 4.74 Å². The molecule has 0 aromatic carbocycles. The van der Waals surface area contributed by atoms with Crippen molar-refractivity contribution >= 4 is 33.2 Å². The summed E-state index contributed by atoms with van der Waals surface area (Å²) in [7, 11) is 1.59. The van der Waals surface area contributed by atoms with Crippen LogP contribution in [0.2, 0.25) is 0 Å². The Morgan fingerprint density at radius 3 is 2.55 bits per heavy atom. The number of carbonyl (C=O) groups is 1. The van der Waals surface area contributed by atoms with Crippen molar-refractivity contribution in [2.24, 2.45) is 0 Å². The number of thiophene rings is 1. The number of methoxy groups -OCH3 is 1. The Balaban J connectivity index is 1.92. The van der Waals surface area contributed by atoms with E-state index < -0.39 is 0 Å². The average molecular weight is 360 g/mol. The first kappa shape index (κ1) is 14.4. The van der Waals surface area contributed by atoms with Gasteiger partial charge in [-0.2, -0.15) is 0 Å². The van der Waals surface area contributed by atoms with Crippen LogP contribution in [0, 0.1) is 6.92 Å². The number of ether oxygens (including phenoxy) is 1. The standard InChI is InChI=1S/C14H18BrNO3S/c1-7-11(15)12(19-2)13(20-7)14(18)16-8-3-4-9(16)6-10(17)5-8/h8-10,17H,3-6H2,1-2H3/t8-,9-/m0/s1. The minimum Gasteiger partial charge on any atom is -0.494 e. The molecule has 2 aliphatic heterocycles. The van der Waals surface area contributed by atoms with Gasteiger partial charge in [0, 0.05) is 17.0 Å². The van der Waals surface area contributed by atoms with Crippen LogP contribution in [0.3, 0.4) is 0 Å². The zero-order valence-electron chi connectivity index (χ0n) is 11.6. The third-order valence-electron chi connectivity index (χ3n) is 4.31. The number of hydrogen-bond acceptors (Lipinski definition) is 4. The van der Waals surface area contributed by atoms with Gasteiger partial charge in [-0.05, 0) is 48.5 Å². The van der Waals surface area contributed by atoms with E-state index in [0.29, 0.717) is 23.5 Å². The first-order valence-corrected chi connectivity index (χ1v) is 8.47. The van der Waals surface area contributed by atoms with Crippen molar-refractivity contribution in [3.8, 4) is 5.75 Å². The number of aliphatic hydroxyl groups excluding tert-OH is 1. The number of fused-ring (bicyclic) bond motifs is 2. The molecule has 1 aromatic rings. The van der Waals surface area contributed by atoms with Crippen molar-refractivity contribution < 1.29 is 14.6 Å². The number of aliphatic hydroxyl groups is 1. The van der Waals surface area contributed by atoms with Crippen LogP contribution in [0.5, 0.6) is 5.75 Å². The second-order valence-corrected chi connectivity index (χ2v) is 7.57. The van der Waals surface area contributed by atoms with Crippen molar-refractivity contribution in [2.45, 2.75) is 50.8 Å². The van der Waals surface area contributed by atoms with Gasteiger partial charge in [0.15, 0.2) is 5.75 Å². The molecule has 0 aliphatic carbocycles. The maximum Gasteiger partial charge on any atom is 0.268 e. The van der Waals surface area contributed by atoms with Gasteiger partial charge in [-0.15, -0.1) is 11.3 Å². The van der Waals surface area contributed by atoms with Gasteiger partial charge in [-0.1, -0.05) is 0 Å². The quantitative estimate of drug-likeness (QED) is 0.882. The summed E-state index contributed by atoms with van der Waals surface area (Å²) in [5.74, 6) is 0.697. The fourth-order valence-corrected chi connectivity index (χ4v) is 5.12. The Hall–Kier alpha value is -0.590. The summed E-state index contributed by atoms with van der Waals surface area (Å²) in [4.78, 5) is 16.6. The molecule has 3 heterocycles. The molecule has 2 saturated heterocycles. The summed E-state index contributed by atoms with van der Waals surface area (Å²) in [5, 5.41) is 9.84.